The molecule has 0 aromatic rings. The summed E-state index contributed by atoms with van der Waals surface area (Å²) in [7, 11) is 4.07. The highest BCUT2D eigenvalue weighted by atomic mass is 16.5. The Morgan fingerprint density at radius 3 is 2.29 bits per heavy atom. The molecule has 0 aromatic heterocycles. The molecule has 0 aromatic carbocycles. The van der Waals surface area contributed by atoms with Gasteiger partial charge in [-0.05, 0) is 38.4 Å². The zero-order valence-corrected chi connectivity index (χ0v) is 12.3. The van der Waals surface area contributed by atoms with Gasteiger partial charge >= 0.3 is 0 Å². The van der Waals surface area contributed by atoms with Gasteiger partial charge in [0.2, 0.25) is 0 Å². The topological polar surface area (TPSA) is 24.5 Å². The Hall–Kier alpha value is -0.120. The lowest BCUT2D eigenvalue weighted by molar-refractivity contribution is 0.0220. The van der Waals surface area contributed by atoms with Crippen molar-refractivity contribution in [3.63, 3.8) is 0 Å². The number of nitrogens with zero attached hydrogens (tertiary/aromatic N) is 1. The molecule has 1 heterocycles. The van der Waals surface area contributed by atoms with Crippen LogP contribution in [0.3, 0.4) is 0 Å². The van der Waals surface area contributed by atoms with E-state index < -0.39 is 0 Å². The second kappa shape index (κ2) is 6.17. The van der Waals surface area contributed by atoms with Crippen molar-refractivity contribution in [1.29, 1.82) is 0 Å². The minimum Gasteiger partial charge on any atom is -0.384 e. The van der Waals surface area contributed by atoms with Crippen LogP contribution in [0.4, 0.5) is 0 Å². The van der Waals surface area contributed by atoms with E-state index in [0.717, 1.165) is 32.8 Å². The molecule has 0 radical (unpaired) electrons. The predicted octanol–water partition coefficient (Wildman–Crippen LogP) is 1.98. The molecule has 0 atom stereocenters. The molecule has 1 N–H and O–H groups in total. The average molecular weight is 242 g/mol. The molecule has 1 saturated heterocycles. The Balaban J connectivity index is 2.53. The number of ether oxygens (including phenoxy) is 1. The molecule has 1 aliphatic heterocycles. The summed E-state index contributed by atoms with van der Waals surface area (Å²) in [5.41, 5.74) is 0.732. The van der Waals surface area contributed by atoms with E-state index in [1.807, 2.05) is 7.11 Å². The van der Waals surface area contributed by atoms with Crippen molar-refractivity contribution in [2.24, 2.45) is 10.8 Å². The van der Waals surface area contributed by atoms with Crippen LogP contribution in [0.1, 0.15) is 33.6 Å². The quantitative estimate of drug-likeness (QED) is 0.798. The fourth-order valence-corrected chi connectivity index (χ4v) is 3.05. The Morgan fingerprint density at radius 1 is 1.24 bits per heavy atom. The maximum absolute atomic E-state index is 5.46. The minimum absolute atomic E-state index is 0.361. The first-order chi connectivity index (χ1) is 7.87. The van der Waals surface area contributed by atoms with Gasteiger partial charge in [-0.1, -0.05) is 20.8 Å². The van der Waals surface area contributed by atoms with Crippen LogP contribution in [0.15, 0.2) is 0 Å². The van der Waals surface area contributed by atoms with Gasteiger partial charge in [-0.3, -0.25) is 0 Å². The van der Waals surface area contributed by atoms with E-state index in [2.05, 4.69) is 38.0 Å². The Kier molecular flexibility index (Phi) is 5.42. The van der Waals surface area contributed by atoms with Gasteiger partial charge < -0.3 is 15.0 Å². The van der Waals surface area contributed by atoms with Gasteiger partial charge in [0.15, 0.2) is 0 Å². The number of rotatable bonds is 5. The monoisotopic (exact) mass is 242 g/mol. The first-order valence-corrected chi connectivity index (χ1v) is 6.75. The molecule has 17 heavy (non-hydrogen) atoms. The summed E-state index contributed by atoms with van der Waals surface area (Å²) in [6.45, 7) is 12.4. The summed E-state index contributed by atoms with van der Waals surface area (Å²) in [5.74, 6) is 0. The summed E-state index contributed by atoms with van der Waals surface area (Å²) < 4.78 is 5.46. The molecule has 0 aliphatic carbocycles. The maximum atomic E-state index is 5.46. The zero-order valence-electron chi connectivity index (χ0n) is 12.3. The Bertz CT molecular complexity index is 211. The lowest BCUT2D eigenvalue weighted by Crippen LogP contribution is -2.47. The number of hydrogen-bond donors (Lipinski definition) is 1. The van der Waals surface area contributed by atoms with Gasteiger partial charge in [0.1, 0.15) is 0 Å². The number of nitrogens with one attached hydrogen (secondary N) is 1. The molecule has 3 nitrogen and oxygen atoms in total. The van der Waals surface area contributed by atoms with Crippen molar-refractivity contribution >= 4 is 0 Å². The molecular formula is C14H30N2O. The van der Waals surface area contributed by atoms with Crippen LogP contribution in [0.2, 0.25) is 0 Å². The highest BCUT2D eigenvalue weighted by Crippen LogP contribution is 2.30. The van der Waals surface area contributed by atoms with Crippen molar-refractivity contribution in [1.82, 2.24) is 10.2 Å². The van der Waals surface area contributed by atoms with Crippen LogP contribution >= 0.6 is 0 Å². The SMILES string of the molecule is COCC1(CN(C)CC(C)(C)C)CCNCC1. The van der Waals surface area contributed by atoms with Crippen molar-refractivity contribution in [3.05, 3.63) is 0 Å². The molecule has 0 spiro atoms. The third-order valence-corrected chi connectivity index (χ3v) is 3.46. The molecule has 1 fully saturated rings. The fourth-order valence-electron chi connectivity index (χ4n) is 3.05. The lowest BCUT2D eigenvalue weighted by Gasteiger charge is -2.41. The van der Waals surface area contributed by atoms with Crippen LogP contribution in [0.5, 0.6) is 0 Å². The first kappa shape index (κ1) is 14.9. The van der Waals surface area contributed by atoms with Gasteiger partial charge in [0.25, 0.3) is 0 Å². The predicted molar refractivity (Wildman–Crippen MR) is 73.4 cm³/mol. The third-order valence-electron chi connectivity index (χ3n) is 3.46. The standard InChI is InChI=1S/C14H30N2O/c1-13(2,3)10-16(4)11-14(12-17-5)6-8-15-9-7-14/h15H,6-12H2,1-5H3. The average Bonchev–Trinajstić information content (AvgIpc) is 2.15. The van der Waals surface area contributed by atoms with Gasteiger partial charge in [0, 0.05) is 25.6 Å². The summed E-state index contributed by atoms with van der Waals surface area (Å²) in [4.78, 5) is 2.48. The molecular weight excluding hydrogens is 212 g/mol. The molecule has 1 aliphatic rings. The molecule has 3 heteroatoms. The Labute approximate surface area is 107 Å². The van der Waals surface area contributed by atoms with Crippen molar-refractivity contribution in [2.45, 2.75) is 33.6 Å². The molecule has 1 rings (SSSR count). The van der Waals surface area contributed by atoms with E-state index in [1.165, 1.54) is 12.8 Å². The van der Waals surface area contributed by atoms with Gasteiger partial charge in [-0.25, -0.2) is 0 Å². The van der Waals surface area contributed by atoms with Gasteiger partial charge in [-0.2, -0.15) is 0 Å². The van der Waals surface area contributed by atoms with E-state index in [-0.39, 0.29) is 0 Å². The third kappa shape index (κ3) is 5.36. The second-order valence-electron chi connectivity index (χ2n) is 6.92. The molecule has 102 valence electrons. The van der Waals surface area contributed by atoms with E-state index in [0.29, 0.717) is 10.8 Å². The van der Waals surface area contributed by atoms with Gasteiger partial charge in [0.05, 0.1) is 6.61 Å². The number of methoxy groups -OCH3 is 1. The van der Waals surface area contributed by atoms with Crippen LogP contribution in [0, 0.1) is 10.8 Å². The summed E-state index contributed by atoms with van der Waals surface area (Å²) >= 11 is 0. The highest BCUT2D eigenvalue weighted by Gasteiger charge is 2.33. The summed E-state index contributed by atoms with van der Waals surface area (Å²) in [6.07, 6.45) is 2.46. The van der Waals surface area contributed by atoms with Crippen LogP contribution in [-0.2, 0) is 4.74 Å². The highest BCUT2D eigenvalue weighted by molar-refractivity contribution is 4.87. The first-order valence-electron chi connectivity index (χ1n) is 6.75. The van der Waals surface area contributed by atoms with Crippen LogP contribution in [0.25, 0.3) is 0 Å². The van der Waals surface area contributed by atoms with Crippen LogP contribution < -0.4 is 5.32 Å². The minimum atomic E-state index is 0.361. The van der Waals surface area contributed by atoms with Crippen molar-refractivity contribution in [3.8, 4) is 0 Å². The smallest absolute Gasteiger partial charge is 0.0531 e. The lowest BCUT2D eigenvalue weighted by atomic mass is 9.79. The molecule has 0 bridgehead atoms. The zero-order chi connectivity index (χ0) is 12.9. The van der Waals surface area contributed by atoms with Crippen molar-refractivity contribution in [2.75, 3.05) is 46.9 Å². The largest absolute Gasteiger partial charge is 0.384 e. The van der Waals surface area contributed by atoms with Crippen LogP contribution in [-0.4, -0.2) is 51.8 Å². The van der Waals surface area contributed by atoms with E-state index >= 15 is 0 Å². The summed E-state index contributed by atoms with van der Waals surface area (Å²) in [5, 5.41) is 3.45. The van der Waals surface area contributed by atoms with E-state index in [1.54, 1.807) is 0 Å². The summed E-state index contributed by atoms with van der Waals surface area (Å²) in [6, 6.07) is 0. The van der Waals surface area contributed by atoms with E-state index in [9.17, 15) is 0 Å². The maximum Gasteiger partial charge on any atom is 0.0531 e. The number of hydrogen-bond acceptors (Lipinski definition) is 3. The Morgan fingerprint density at radius 2 is 1.82 bits per heavy atom. The normalized spacial score (nSPS) is 20.8. The van der Waals surface area contributed by atoms with Gasteiger partial charge in [-0.15, -0.1) is 0 Å². The molecule has 0 amide bonds. The molecule has 0 saturated carbocycles. The van der Waals surface area contributed by atoms with Crippen molar-refractivity contribution < 1.29 is 4.74 Å². The second-order valence-corrected chi connectivity index (χ2v) is 6.92. The fraction of sp³-hybridized carbons (Fsp3) is 1.00. The number of piperidine rings is 1. The van der Waals surface area contributed by atoms with E-state index in [4.69, 9.17) is 4.74 Å². The molecule has 0 unspecified atom stereocenters.